The van der Waals surface area contributed by atoms with E-state index in [4.69, 9.17) is 9.47 Å². The van der Waals surface area contributed by atoms with Gasteiger partial charge in [-0.1, -0.05) is 15.9 Å². The fourth-order valence-corrected chi connectivity index (χ4v) is 3.46. The molecule has 0 radical (unpaired) electrons. The zero-order valence-corrected chi connectivity index (χ0v) is 12.2. The third-order valence-electron chi connectivity index (χ3n) is 3.57. The lowest BCUT2D eigenvalue weighted by molar-refractivity contribution is 0.0593. The monoisotopic (exact) mass is 327 g/mol. The summed E-state index contributed by atoms with van der Waals surface area (Å²) in [4.78, 5) is 16.1. The number of aromatic nitrogens is 1. The van der Waals surface area contributed by atoms with E-state index in [9.17, 15) is 9.90 Å². The second-order valence-corrected chi connectivity index (χ2v) is 5.97. The largest absolute Gasteiger partial charge is 0.464 e. The summed E-state index contributed by atoms with van der Waals surface area (Å²) in [7, 11) is 1.31. The van der Waals surface area contributed by atoms with Crippen LogP contribution in [0.5, 0.6) is 0 Å². The number of halogens is 1. The van der Waals surface area contributed by atoms with Gasteiger partial charge in [0.05, 0.1) is 25.0 Å². The first-order valence-electron chi connectivity index (χ1n) is 6.13. The van der Waals surface area contributed by atoms with Gasteiger partial charge in [-0.05, 0) is 30.5 Å². The third-order valence-corrected chi connectivity index (χ3v) is 4.40. The van der Waals surface area contributed by atoms with Gasteiger partial charge in [0, 0.05) is 4.83 Å². The number of epoxide rings is 1. The SMILES string of the molecule is COC(=O)c1cc([C@@H](C)O)c2c(n1)[C@H]1O[C@H]1C[C@H]2Br. The number of carbonyl (C=O) groups is 1. The fraction of sp³-hybridized carbons (Fsp3) is 0.538. The van der Waals surface area contributed by atoms with Crippen molar-refractivity contribution in [2.45, 2.75) is 36.5 Å². The number of aliphatic hydroxyl groups excluding tert-OH is 1. The first-order chi connectivity index (χ1) is 9.02. The number of carbonyl (C=O) groups excluding carboxylic acids is 1. The van der Waals surface area contributed by atoms with E-state index >= 15 is 0 Å². The zero-order chi connectivity index (χ0) is 13.7. The Hall–Kier alpha value is -0.980. The van der Waals surface area contributed by atoms with Crippen molar-refractivity contribution >= 4 is 21.9 Å². The summed E-state index contributed by atoms with van der Waals surface area (Å²) >= 11 is 3.60. The number of ether oxygens (including phenoxy) is 2. The highest BCUT2D eigenvalue weighted by Gasteiger charge is 2.49. The number of rotatable bonds is 2. The molecule has 4 atom stereocenters. The number of esters is 1. The van der Waals surface area contributed by atoms with Gasteiger partial charge in [0.1, 0.15) is 11.8 Å². The summed E-state index contributed by atoms with van der Waals surface area (Å²) in [5.41, 5.74) is 2.62. The van der Waals surface area contributed by atoms with Gasteiger partial charge < -0.3 is 14.6 Å². The van der Waals surface area contributed by atoms with Crippen molar-refractivity contribution < 1.29 is 19.4 Å². The van der Waals surface area contributed by atoms with Crippen molar-refractivity contribution in [3.8, 4) is 0 Å². The minimum atomic E-state index is -0.671. The number of methoxy groups -OCH3 is 1. The highest BCUT2D eigenvalue weighted by atomic mass is 79.9. The summed E-state index contributed by atoms with van der Waals surface area (Å²) in [6, 6.07) is 1.60. The van der Waals surface area contributed by atoms with Crippen LogP contribution in [-0.2, 0) is 9.47 Å². The van der Waals surface area contributed by atoms with E-state index in [1.807, 2.05) is 0 Å². The molecule has 1 aromatic heterocycles. The van der Waals surface area contributed by atoms with Crippen LogP contribution in [0, 0.1) is 0 Å². The molecule has 1 saturated heterocycles. The molecule has 3 rings (SSSR count). The van der Waals surface area contributed by atoms with Crippen molar-refractivity contribution in [1.82, 2.24) is 4.98 Å². The van der Waals surface area contributed by atoms with Crippen molar-refractivity contribution in [2.75, 3.05) is 7.11 Å². The Morgan fingerprint density at radius 1 is 1.68 bits per heavy atom. The maximum absolute atomic E-state index is 11.7. The lowest BCUT2D eigenvalue weighted by Gasteiger charge is -2.22. The van der Waals surface area contributed by atoms with E-state index in [0.29, 0.717) is 5.56 Å². The molecular formula is C13H14BrNO4. The molecule has 5 nitrogen and oxygen atoms in total. The molecule has 1 aliphatic carbocycles. The van der Waals surface area contributed by atoms with E-state index in [1.54, 1.807) is 13.0 Å². The molecule has 2 heterocycles. The van der Waals surface area contributed by atoms with Gasteiger partial charge >= 0.3 is 5.97 Å². The summed E-state index contributed by atoms with van der Waals surface area (Å²) in [6.45, 7) is 1.68. The van der Waals surface area contributed by atoms with Crippen molar-refractivity contribution in [1.29, 1.82) is 0 Å². The fourth-order valence-electron chi connectivity index (χ4n) is 2.59. The molecule has 102 valence electrons. The minimum Gasteiger partial charge on any atom is -0.464 e. The Morgan fingerprint density at radius 3 is 3.05 bits per heavy atom. The smallest absolute Gasteiger partial charge is 0.356 e. The van der Waals surface area contributed by atoms with Crippen LogP contribution in [0.4, 0.5) is 0 Å². The standard InChI is InChI=1S/C13H14BrNO4/c1-5(16)6-3-8(13(17)18-2)15-11-10(6)7(14)4-9-12(11)19-9/h3,5,7,9,12,16H,4H2,1-2H3/t5-,7-,9+,12+/m1/s1. The second kappa shape index (κ2) is 4.54. The maximum Gasteiger partial charge on any atom is 0.356 e. The lowest BCUT2D eigenvalue weighted by Crippen LogP contribution is -2.17. The second-order valence-electron chi connectivity index (χ2n) is 4.86. The van der Waals surface area contributed by atoms with Crippen LogP contribution < -0.4 is 0 Å². The topological polar surface area (TPSA) is 72.0 Å². The first kappa shape index (κ1) is 13.0. The Labute approximate surface area is 119 Å². The van der Waals surface area contributed by atoms with Gasteiger partial charge in [-0.3, -0.25) is 0 Å². The number of alkyl halides is 1. The Balaban J connectivity index is 2.17. The molecule has 19 heavy (non-hydrogen) atoms. The summed E-state index contributed by atoms with van der Waals surface area (Å²) in [5, 5.41) is 9.93. The number of fused-ring (bicyclic) bond motifs is 3. The molecule has 0 spiro atoms. The van der Waals surface area contributed by atoms with Gasteiger partial charge in [0.25, 0.3) is 0 Å². The van der Waals surface area contributed by atoms with Crippen LogP contribution >= 0.6 is 15.9 Å². The molecule has 1 aromatic rings. The molecule has 0 aromatic carbocycles. The molecule has 0 unspecified atom stereocenters. The van der Waals surface area contributed by atoms with E-state index in [-0.39, 0.29) is 22.7 Å². The summed E-state index contributed by atoms with van der Waals surface area (Å²) in [5.74, 6) is -0.501. The number of pyridine rings is 1. The highest BCUT2D eigenvalue weighted by Crippen LogP contribution is 2.53. The van der Waals surface area contributed by atoms with Crippen LogP contribution in [0.3, 0.4) is 0 Å². The van der Waals surface area contributed by atoms with Crippen LogP contribution in [0.2, 0.25) is 0 Å². The highest BCUT2D eigenvalue weighted by molar-refractivity contribution is 9.09. The number of nitrogens with zero attached hydrogens (tertiary/aromatic N) is 1. The van der Waals surface area contributed by atoms with E-state index in [1.165, 1.54) is 7.11 Å². The quantitative estimate of drug-likeness (QED) is 0.512. The molecule has 1 aliphatic heterocycles. The summed E-state index contributed by atoms with van der Waals surface area (Å²) < 4.78 is 10.3. The molecular weight excluding hydrogens is 314 g/mol. The predicted molar refractivity (Wildman–Crippen MR) is 70.1 cm³/mol. The predicted octanol–water partition coefficient (Wildman–Crippen LogP) is 2.20. The lowest BCUT2D eigenvalue weighted by atomic mass is 9.89. The first-order valence-corrected chi connectivity index (χ1v) is 7.05. The Morgan fingerprint density at radius 2 is 2.42 bits per heavy atom. The van der Waals surface area contributed by atoms with Gasteiger partial charge in [0.15, 0.2) is 0 Å². The molecule has 2 aliphatic rings. The summed E-state index contributed by atoms with van der Waals surface area (Å²) in [6.07, 6.45) is 0.303. The average Bonchev–Trinajstić information content (AvgIpc) is 3.15. The van der Waals surface area contributed by atoms with Crippen molar-refractivity contribution in [3.63, 3.8) is 0 Å². The molecule has 6 heteroatoms. The number of aliphatic hydroxyl groups is 1. The molecule has 1 N–H and O–H groups in total. The van der Waals surface area contributed by atoms with Gasteiger partial charge in [-0.2, -0.15) is 0 Å². The normalized spacial score (nSPS) is 29.2. The van der Waals surface area contributed by atoms with Crippen LogP contribution in [-0.4, -0.2) is 29.3 Å². The van der Waals surface area contributed by atoms with Gasteiger partial charge in [-0.15, -0.1) is 0 Å². The molecule has 0 bridgehead atoms. The molecule has 0 amide bonds. The Bertz CT molecular complexity index is 528. The van der Waals surface area contributed by atoms with Crippen LogP contribution in [0.1, 0.15) is 57.7 Å². The zero-order valence-electron chi connectivity index (χ0n) is 10.6. The number of hydrogen-bond donors (Lipinski definition) is 1. The number of hydrogen-bond acceptors (Lipinski definition) is 5. The van der Waals surface area contributed by atoms with E-state index < -0.39 is 12.1 Å². The maximum atomic E-state index is 11.7. The molecule has 0 saturated carbocycles. The average molecular weight is 328 g/mol. The van der Waals surface area contributed by atoms with Gasteiger partial charge in [-0.25, -0.2) is 9.78 Å². The molecule has 1 fully saturated rings. The third kappa shape index (κ3) is 2.07. The van der Waals surface area contributed by atoms with E-state index in [0.717, 1.165) is 17.7 Å². The van der Waals surface area contributed by atoms with Crippen LogP contribution in [0.15, 0.2) is 6.07 Å². The minimum absolute atomic E-state index is 0.0501. The van der Waals surface area contributed by atoms with Crippen LogP contribution in [0.25, 0.3) is 0 Å². The van der Waals surface area contributed by atoms with Gasteiger partial charge in [0.2, 0.25) is 0 Å². The van der Waals surface area contributed by atoms with Crippen molar-refractivity contribution in [2.24, 2.45) is 0 Å². The van der Waals surface area contributed by atoms with Crippen molar-refractivity contribution in [3.05, 3.63) is 28.6 Å². The van der Waals surface area contributed by atoms with E-state index in [2.05, 4.69) is 20.9 Å². The Kier molecular flexibility index (Phi) is 3.11.